The molecule has 0 rings (SSSR count). The first-order valence-corrected chi connectivity index (χ1v) is 11.6. The van der Waals surface area contributed by atoms with Crippen molar-refractivity contribution in [1.82, 2.24) is 15.1 Å². The molecule has 0 aliphatic rings. The normalized spacial score (nSPS) is 14.7. The van der Waals surface area contributed by atoms with Gasteiger partial charge in [-0.05, 0) is 31.6 Å². The van der Waals surface area contributed by atoms with Crippen molar-refractivity contribution in [2.75, 3.05) is 20.6 Å². The predicted molar refractivity (Wildman–Crippen MR) is 129 cm³/mol. The summed E-state index contributed by atoms with van der Waals surface area (Å²) in [5.74, 6) is -2.68. The monoisotopic (exact) mass is 482 g/mol. The summed E-state index contributed by atoms with van der Waals surface area (Å²) in [6, 6.07) is -1.64. The molecular formula is C24H42N4O6. The van der Waals surface area contributed by atoms with Gasteiger partial charge >= 0.3 is 5.97 Å². The molecule has 0 aliphatic carbocycles. The second kappa shape index (κ2) is 15.1. The molecule has 0 fully saturated rings. The van der Waals surface area contributed by atoms with Crippen LogP contribution in [0.25, 0.3) is 0 Å². The van der Waals surface area contributed by atoms with E-state index >= 15 is 0 Å². The van der Waals surface area contributed by atoms with Gasteiger partial charge in [0.05, 0.1) is 13.0 Å². The van der Waals surface area contributed by atoms with Crippen LogP contribution in [-0.4, -0.2) is 78.2 Å². The first kappa shape index (κ1) is 31.1. The SMILES string of the molecule is C/C=C/C[C@@H](C)[C@H](CC(=O)N[C@@H](CC)C(=O)N(C)CC(=O)N(C)[C@H](C(N)=O)C(C)C)OC(C)=O. The number of hydrogen-bond acceptors (Lipinski definition) is 6. The maximum atomic E-state index is 12.9. The van der Waals surface area contributed by atoms with Crippen molar-refractivity contribution in [3.63, 3.8) is 0 Å². The third kappa shape index (κ3) is 10.4. The quantitative estimate of drug-likeness (QED) is 0.282. The Bertz CT molecular complexity index is 752. The molecular weight excluding hydrogens is 440 g/mol. The van der Waals surface area contributed by atoms with E-state index in [1.54, 1.807) is 20.8 Å². The summed E-state index contributed by atoms with van der Waals surface area (Å²) in [4.78, 5) is 63.8. The van der Waals surface area contributed by atoms with Crippen LogP contribution in [0.3, 0.4) is 0 Å². The van der Waals surface area contributed by atoms with Crippen molar-refractivity contribution in [2.24, 2.45) is 17.6 Å². The fraction of sp³-hybridized carbons (Fsp3) is 0.708. The average Bonchev–Trinajstić information content (AvgIpc) is 2.73. The number of esters is 1. The Morgan fingerprint density at radius 2 is 1.68 bits per heavy atom. The summed E-state index contributed by atoms with van der Waals surface area (Å²) in [6.45, 7) is 10.1. The number of carbonyl (C=O) groups excluding carboxylic acids is 5. The summed E-state index contributed by atoms with van der Waals surface area (Å²) in [5, 5.41) is 2.69. The van der Waals surface area contributed by atoms with Gasteiger partial charge in [-0.1, -0.05) is 39.8 Å². The molecule has 3 N–H and O–H groups in total. The van der Waals surface area contributed by atoms with E-state index in [0.717, 1.165) is 0 Å². The Morgan fingerprint density at radius 1 is 1.09 bits per heavy atom. The number of nitrogens with two attached hydrogens (primary N) is 1. The highest BCUT2D eigenvalue weighted by atomic mass is 16.5. The van der Waals surface area contributed by atoms with Crippen LogP contribution in [0.4, 0.5) is 0 Å². The van der Waals surface area contributed by atoms with Gasteiger partial charge in [0.25, 0.3) is 0 Å². The van der Waals surface area contributed by atoms with E-state index in [2.05, 4.69) is 5.32 Å². The number of amides is 4. The molecule has 4 amide bonds. The fourth-order valence-corrected chi connectivity index (χ4v) is 3.63. The standard InChI is InChI=1S/C24H42N4O6/c1-9-11-12-16(5)19(34-17(6)29)13-20(30)26-18(10-2)24(33)27(7)14-21(31)28(8)22(15(3)4)23(25)32/h9,11,15-16,18-19,22H,10,12-14H2,1-8H3,(H2,25,32)(H,26,30)/b11-9+/t16-,18+,19+,22+/m1/s1. The molecule has 0 aromatic rings. The molecule has 0 aromatic carbocycles. The summed E-state index contributed by atoms with van der Waals surface area (Å²) in [6.07, 6.45) is 4.05. The van der Waals surface area contributed by atoms with Crippen LogP contribution in [0.1, 0.15) is 60.8 Å². The van der Waals surface area contributed by atoms with Crippen molar-refractivity contribution in [3.8, 4) is 0 Å². The summed E-state index contributed by atoms with van der Waals surface area (Å²) in [7, 11) is 2.93. The fourth-order valence-electron chi connectivity index (χ4n) is 3.63. The van der Waals surface area contributed by atoms with Crippen LogP contribution in [0.15, 0.2) is 12.2 Å². The molecule has 0 bridgehead atoms. The number of carbonyl (C=O) groups is 5. The lowest BCUT2D eigenvalue weighted by Gasteiger charge is -2.31. The number of primary amides is 1. The van der Waals surface area contributed by atoms with E-state index in [4.69, 9.17) is 10.5 Å². The van der Waals surface area contributed by atoms with E-state index in [1.165, 1.54) is 30.8 Å². The first-order valence-electron chi connectivity index (χ1n) is 11.6. The lowest BCUT2D eigenvalue weighted by atomic mass is 9.97. The highest BCUT2D eigenvalue weighted by molar-refractivity contribution is 5.92. The molecule has 0 aliphatic heterocycles. The van der Waals surface area contributed by atoms with E-state index < -0.39 is 47.8 Å². The van der Waals surface area contributed by atoms with Gasteiger partial charge in [0, 0.05) is 21.0 Å². The number of nitrogens with zero attached hydrogens (tertiary/aromatic N) is 2. The zero-order valence-corrected chi connectivity index (χ0v) is 21.8. The van der Waals surface area contributed by atoms with Gasteiger partial charge < -0.3 is 25.6 Å². The van der Waals surface area contributed by atoms with E-state index in [0.29, 0.717) is 12.8 Å². The number of ether oxygens (including phenoxy) is 1. The topological polar surface area (TPSA) is 139 Å². The molecule has 194 valence electrons. The number of rotatable bonds is 14. The maximum Gasteiger partial charge on any atom is 0.302 e. The van der Waals surface area contributed by atoms with Gasteiger partial charge in [-0.2, -0.15) is 0 Å². The van der Waals surface area contributed by atoms with E-state index in [1.807, 2.05) is 26.0 Å². The van der Waals surface area contributed by atoms with Gasteiger partial charge in [0.1, 0.15) is 18.2 Å². The number of hydrogen-bond donors (Lipinski definition) is 2. The Hall–Kier alpha value is -2.91. The molecule has 10 heteroatoms. The summed E-state index contributed by atoms with van der Waals surface area (Å²) < 4.78 is 5.33. The first-order chi connectivity index (χ1) is 15.8. The highest BCUT2D eigenvalue weighted by Crippen LogP contribution is 2.17. The molecule has 0 heterocycles. The molecule has 10 nitrogen and oxygen atoms in total. The molecule has 0 saturated carbocycles. The molecule has 4 atom stereocenters. The third-order valence-corrected chi connectivity index (χ3v) is 5.61. The van der Waals surface area contributed by atoms with Crippen LogP contribution in [0.2, 0.25) is 0 Å². The van der Waals surface area contributed by atoms with E-state index in [9.17, 15) is 24.0 Å². The molecule has 0 spiro atoms. The smallest absolute Gasteiger partial charge is 0.302 e. The molecule has 0 aromatic heterocycles. The average molecular weight is 483 g/mol. The molecule has 0 saturated heterocycles. The summed E-state index contributed by atoms with van der Waals surface area (Å²) in [5.41, 5.74) is 5.41. The van der Waals surface area contributed by atoms with Crippen LogP contribution < -0.4 is 11.1 Å². The van der Waals surface area contributed by atoms with Gasteiger partial charge in [0.15, 0.2) is 0 Å². The highest BCUT2D eigenvalue weighted by Gasteiger charge is 2.31. The van der Waals surface area contributed by atoms with Crippen LogP contribution >= 0.6 is 0 Å². The van der Waals surface area contributed by atoms with Crippen molar-refractivity contribution >= 4 is 29.6 Å². The van der Waals surface area contributed by atoms with Crippen molar-refractivity contribution in [3.05, 3.63) is 12.2 Å². The van der Waals surface area contributed by atoms with E-state index in [-0.39, 0.29) is 24.8 Å². The van der Waals surface area contributed by atoms with Gasteiger partial charge in [-0.25, -0.2) is 0 Å². The minimum absolute atomic E-state index is 0.0812. The second-order valence-corrected chi connectivity index (χ2v) is 8.95. The summed E-state index contributed by atoms with van der Waals surface area (Å²) >= 11 is 0. The third-order valence-electron chi connectivity index (χ3n) is 5.61. The largest absolute Gasteiger partial charge is 0.462 e. The van der Waals surface area contributed by atoms with Gasteiger partial charge in [0.2, 0.25) is 23.6 Å². The minimum atomic E-state index is -0.850. The molecule has 34 heavy (non-hydrogen) atoms. The number of allylic oxidation sites excluding steroid dienone is 2. The lowest BCUT2D eigenvalue weighted by molar-refractivity contribution is -0.151. The maximum absolute atomic E-state index is 12.9. The second-order valence-electron chi connectivity index (χ2n) is 8.95. The number of nitrogens with one attached hydrogen (secondary N) is 1. The Balaban J connectivity index is 5.19. The minimum Gasteiger partial charge on any atom is -0.462 e. The predicted octanol–water partition coefficient (Wildman–Crippen LogP) is 1.23. The lowest BCUT2D eigenvalue weighted by Crippen LogP contribution is -2.53. The van der Waals surface area contributed by atoms with Gasteiger partial charge in [-0.3, -0.25) is 24.0 Å². The number of likely N-dealkylation sites (N-methyl/N-ethyl adjacent to an activating group) is 2. The van der Waals surface area contributed by atoms with Crippen LogP contribution in [-0.2, 0) is 28.7 Å². The zero-order chi connectivity index (χ0) is 26.6. The Kier molecular flexibility index (Phi) is 13.8. The van der Waals surface area contributed by atoms with Crippen molar-refractivity contribution < 1.29 is 28.7 Å². The van der Waals surface area contributed by atoms with Crippen LogP contribution in [0.5, 0.6) is 0 Å². The van der Waals surface area contributed by atoms with Crippen molar-refractivity contribution in [2.45, 2.75) is 79.0 Å². The van der Waals surface area contributed by atoms with Crippen LogP contribution in [0, 0.1) is 11.8 Å². The Morgan fingerprint density at radius 3 is 2.12 bits per heavy atom. The molecule has 0 unspecified atom stereocenters. The zero-order valence-electron chi connectivity index (χ0n) is 21.8. The molecule has 0 radical (unpaired) electrons. The Labute approximate surface area is 203 Å². The van der Waals surface area contributed by atoms with Crippen molar-refractivity contribution in [1.29, 1.82) is 0 Å². The van der Waals surface area contributed by atoms with Gasteiger partial charge in [-0.15, -0.1) is 0 Å².